The van der Waals surface area contributed by atoms with E-state index in [1.807, 2.05) is 24.3 Å². The minimum atomic E-state index is -1.31. The number of amides is 1. The highest BCUT2D eigenvalue weighted by Crippen LogP contribution is 2.31. The Morgan fingerprint density at radius 3 is 2.85 bits per heavy atom. The van der Waals surface area contributed by atoms with Crippen LogP contribution in [0, 0.1) is 0 Å². The van der Waals surface area contributed by atoms with Gasteiger partial charge in [-0.1, -0.05) is 24.3 Å². The van der Waals surface area contributed by atoms with Crippen molar-refractivity contribution >= 4 is 28.4 Å². The van der Waals surface area contributed by atoms with Gasteiger partial charge in [0.15, 0.2) is 11.0 Å². The Labute approximate surface area is 158 Å². The van der Waals surface area contributed by atoms with Crippen LogP contribution in [0.25, 0.3) is 0 Å². The molecule has 1 N–H and O–H groups in total. The van der Waals surface area contributed by atoms with E-state index in [-0.39, 0.29) is 11.9 Å². The predicted octanol–water partition coefficient (Wildman–Crippen LogP) is 3.27. The molecule has 1 atom stereocenters. The Bertz CT molecular complexity index is 1040. The van der Waals surface area contributed by atoms with Crippen molar-refractivity contribution in [3.05, 3.63) is 66.4 Å². The highest BCUT2D eigenvalue weighted by Gasteiger charge is 2.28. The second-order valence-corrected chi connectivity index (χ2v) is 7.28. The number of hydrogen-bond donors (Lipinski definition) is 1. The van der Waals surface area contributed by atoms with Crippen LogP contribution in [0.2, 0.25) is 0 Å². The van der Waals surface area contributed by atoms with Crippen LogP contribution in [0.15, 0.2) is 65.7 Å². The minimum Gasteiger partial charge on any atom is -0.424 e. The van der Waals surface area contributed by atoms with Gasteiger partial charge in [-0.15, -0.1) is 0 Å². The fraction of sp³-hybridized carbons (Fsp3) is 0.105. The maximum Gasteiger partial charge on any atom is 0.323 e. The van der Waals surface area contributed by atoms with Crippen molar-refractivity contribution in [2.24, 2.45) is 0 Å². The van der Waals surface area contributed by atoms with Crippen LogP contribution in [-0.2, 0) is 22.3 Å². The lowest BCUT2D eigenvalue weighted by Gasteiger charge is -2.15. The fourth-order valence-corrected chi connectivity index (χ4v) is 4.09. The molecule has 8 heteroatoms. The van der Waals surface area contributed by atoms with Gasteiger partial charge in [-0.3, -0.25) is 9.10 Å². The van der Waals surface area contributed by atoms with Gasteiger partial charge < -0.3 is 10.1 Å². The Morgan fingerprint density at radius 2 is 2.04 bits per heavy atom. The number of rotatable bonds is 4. The van der Waals surface area contributed by atoms with E-state index in [2.05, 4.69) is 15.3 Å². The number of carbonyl (C=O) groups excluding carboxylic acids is 1. The van der Waals surface area contributed by atoms with E-state index in [4.69, 9.17) is 4.74 Å². The highest BCUT2D eigenvalue weighted by molar-refractivity contribution is 7.86. The van der Waals surface area contributed by atoms with Crippen molar-refractivity contribution < 1.29 is 13.7 Å². The van der Waals surface area contributed by atoms with Crippen molar-refractivity contribution in [1.29, 1.82) is 0 Å². The molecule has 2 heterocycles. The van der Waals surface area contributed by atoms with Crippen LogP contribution in [-0.4, -0.2) is 20.1 Å². The second kappa shape index (κ2) is 7.16. The molecule has 0 saturated heterocycles. The van der Waals surface area contributed by atoms with Crippen molar-refractivity contribution in [3.8, 4) is 11.8 Å². The summed E-state index contributed by atoms with van der Waals surface area (Å²) in [7, 11) is -1.31. The molecule has 0 spiro atoms. The van der Waals surface area contributed by atoms with Gasteiger partial charge >= 0.3 is 6.01 Å². The first-order valence-electron chi connectivity index (χ1n) is 8.26. The van der Waals surface area contributed by atoms with E-state index in [1.165, 1.54) is 6.92 Å². The van der Waals surface area contributed by atoms with Gasteiger partial charge in [-0.25, -0.2) is 9.19 Å². The van der Waals surface area contributed by atoms with E-state index >= 15 is 0 Å². The molecule has 136 valence electrons. The molecule has 1 aliphatic heterocycles. The smallest absolute Gasteiger partial charge is 0.323 e. The zero-order valence-corrected chi connectivity index (χ0v) is 15.3. The average Bonchev–Trinajstić information content (AvgIpc) is 2.99. The zero-order chi connectivity index (χ0) is 18.8. The van der Waals surface area contributed by atoms with E-state index in [0.29, 0.717) is 23.8 Å². The molecule has 1 amide bonds. The predicted molar refractivity (Wildman–Crippen MR) is 102 cm³/mol. The standard InChI is InChI=1S/C19H16N4O3S/c1-13(24)21-15-6-4-7-16(11-15)26-19-20-10-9-18(22-19)23-12-14-5-2-3-8-17(14)27(23)25/h2-11H,12H2,1H3,(H,21,24). The first-order valence-corrected chi connectivity index (χ1v) is 9.37. The number of benzene rings is 2. The van der Waals surface area contributed by atoms with Crippen LogP contribution in [0.5, 0.6) is 11.8 Å². The largest absolute Gasteiger partial charge is 0.424 e. The summed E-state index contributed by atoms with van der Waals surface area (Å²) in [5, 5.41) is 2.69. The number of nitrogens with zero attached hydrogens (tertiary/aromatic N) is 3. The van der Waals surface area contributed by atoms with Gasteiger partial charge in [0.1, 0.15) is 11.6 Å². The second-order valence-electron chi connectivity index (χ2n) is 5.90. The van der Waals surface area contributed by atoms with Gasteiger partial charge in [0.25, 0.3) is 0 Å². The van der Waals surface area contributed by atoms with E-state index < -0.39 is 11.0 Å². The molecular formula is C19H16N4O3S. The number of nitrogens with one attached hydrogen (secondary N) is 1. The Balaban J connectivity index is 1.56. The van der Waals surface area contributed by atoms with Gasteiger partial charge in [0.05, 0.1) is 11.4 Å². The third-order valence-electron chi connectivity index (χ3n) is 3.91. The SMILES string of the molecule is CC(=O)Nc1cccc(Oc2nccc(N3Cc4ccccc4S3=O)n2)c1. The number of ether oxygens (including phenoxy) is 1. The topological polar surface area (TPSA) is 84.4 Å². The summed E-state index contributed by atoms with van der Waals surface area (Å²) in [6.45, 7) is 1.95. The van der Waals surface area contributed by atoms with Crippen LogP contribution >= 0.6 is 0 Å². The summed E-state index contributed by atoms with van der Waals surface area (Å²) in [4.78, 5) is 20.5. The maximum absolute atomic E-state index is 12.7. The van der Waals surface area contributed by atoms with E-state index in [1.54, 1.807) is 40.8 Å². The lowest BCUT2D eigenvalue weighted by atomic mass is 10.2. The van der Waals surface area contributed by atoms with Gasteiger partial charge in [-0.2, -0.15) is 4.98 Å². The van der Waals surface area contributed by atoms with E-state index in [9.17, 15) is 9.00 Å². The molecule has 7 nitrogen and oxygen atoms in total. The first kappa shape index (κ1) is 17.2. The molecule has 0 radical (unpaired) electrons. The van der Waals surface area contributed by atoms with Crippen molar-refractivity contribution in [2.45, 2.75) is 18.4 Å². The average molecular weight is 380 g/mol. The summed E-state index contributed by atoms with van der Waals surface area (Å²) in [5.41, 5.74) is 1.63. The molecule has 1 aliphatic rings. The summed E-state index contributed by atoms with van der Waals surface area (Å²) < 4.78 is 20.1. The minimum absolute atomic E-state index is 0.139. The third-order valence-corrected chi connectivity index (χ3v) is 5.40. The number of aromatic nitrogens is 2. The monoisotopic (exact) mass is 380 g/mol. The molecule has 0 bridgehead atoms. The summed E-state index contributed by atoms with van der Waals surface area (Å²) in [5.74, 6) is 0.846. The molecule has 2 aromatic carbocycles. The maximum atomic E-state index is 12.7. The van der Waals surface area contributed by atoms with Crippen molar-refractivity contribution in [3.63, 3.8) is 0 Å². The quantitative estimate of drug-likeness (QED) is 0.751. The number of hydrogen-bond acceptors (Lipinski definition) is 5. The van der Waals surface area contributed by atoms with Crippen LogP contribution in [0.3, 0.4) is 0 Å². The normalized spacial score (nSPS) is 15.3. The molecule has 1 unspecified atom stereocenters. The third kappa shape index (κ3) is 3.65. The molecule has 3 aromatic rings. The zero-order valence-electron chi connectivity index (χ0n) is 14.5. The highest BCUT2D eigenvalue weighted by atomic mass is 32.2. The molecule has 27 heavy (non-hydrogen) atoms. The van der Waals surface area contributed by atoms with Crippen molar-refractivity contribution in [1.82, 2.24) is 9.97 Å². The Hall–Kier alpha value is -3.26. The summed E-state index contributed by atoms with van der Waals surface area (Å²) in [6.07, 6.45) is 1.57. The molecule has 1 aromatic heterocycles. The Kier molecular flexibility index (Phi) is 4.55. The number of fused-ring (bicyclic) bond motifs is 1. The lowest BCUT2D eigenvalue weighted by Crippen LogP contribution is -2.19. The molecule has 0 saturated carbocycles. The van der Waals surface area contributed by atoms with Gasteiger partial charge in [0.2, 0.25) is 5.91 Å². The van der Waals surface area contributed by atoms with E-state index in [0.717, 1.165) is 10.5 Å². The fourth-order valence-electron chi connectivity index (χ4n) is 2.77. The summed E-state index contributed by atoms with van der Waals surface area (Å²) in [6, 6.07) is 16.4. The van der Waals surface area contributed by atoms with Crippen LogP contribution < -0.4 is 14.4 Å². The van der Waals surface area contributed by atoms with Gasteiger partial charge in [0, 0.05) is 30.9 Å². The molecule has 4 rings (SSSR count). The Morgan fingerprint density at radius 1 is 1.19 bits per heavy atom. The molecular weight excluding hydrogens is 364 g/mol. The van der Waals surface area contributed by atoms with Crippen LogP contribution in [0.1, 0.15) is 12.5 Å². The summed E-state index contributed by atoms with van der Waals surface area (Å²) >= 11 is 0. The lowest BCUT2D eigenvalue weighted by molar-refractivity contribution is -0.114. The van der Waals surface area contributed by atoms with Gasteiger partial charge in [-0.05, 0) is 23.8 Å². The number of carbonyl (C=O) groups is 1. The number of anilines is 2. The first-order chi connectivity index (χ1) is 13.1. The van der Waals surface area contributed by atoms with Crippen LogP contribution in [0.4, 0.5) is 11.5 Å². The molecule has 0 aliphatic carbocycles. The van der Waals surface area contributed by atoms with Crippen molar-refractivity contribution in [2.75, 3.05) is 9.62 Å². The molecule has 0 fully saturated rings.